The van der Waals surface area contributed by atoms with Crippen molar-refractivity contribution < 1.29 is 4.79 Å². The van der Waals surface area contributed by atoms with Crippen LogP contribution in [0, 0.1) is 11.8 Å². The molecule has 0 spiro atoms. The van der Waals surface area contributed by atoms with Gasteiger partial charge >= 0.3 is 0 Å². The Kier molecular flexibility index (Phi) is 3.57. The lowest BCUT2D eigenvalue weighted by molar-refractivity contribution is 0.0923. The zero-order chi connectivity index (χ0) is 15.0. The molecule has 3 unspecified atom stereocenters. The van der Waals surface area contributed by atoms with Crippen molar-refractivity contribution in [2.75, 3.05) is 5.73 Å². The van der Waals surface area contributed by atoms with E-state index < -0.39 is 0 Å². The Balaban J connectivity index is 1.80. The molecule has 1 aromatic heterocycles. The van der Waals surface area contributed by atoms with E-state index in [0.29, 0.717) is 23.2 Å². The van der Waals surface area contributed by atoms with Crippen LogP contribution in [0.2, 0.25) is 0 Å². The minimum Gasteiger partial charge on any atom is -0.399 e. The summed E-state index contributed by atoms with van der Waals surface area (Å²) < 4.78 is 0. The zero-order valence-electron chi connectivity index (χ0n) is 12.5. The van der Waals surface area contributed by atoms with E-state index in [4.69, 9.17) is 5.73 Å². The summed E-state index contributed by atoms with van der Waals surface area (Å²) in [6, 6.07) is 5.68. The van der Waals surface area contributed by atoms with Gasteiger partial charge in [0.2, 0.25) is 0 Å². The number of anilines is 1. The number of aromatic amines is 1. The normalized spacial score (nSPS) is 25.3. The number of amides is 1. The van der Waals surface area contributed by atoms with Crippen LogP contribution in [-0.4, -0.2) is 22.1 Å². The number of nitrogens with one attached hydrogen (secondary N) is 2. The molecule has 112 valence electrons. The number of carbonyl (C=O) groups excluding carboxylic acids is 1. The van der Waals surface area contributed by atoms with E-state index in [2.05, 4.69) is 29.4 Å². The molecule has 1 aromatic carbocycles. The topological polar surface area (TPSA) is 83.8 Å². The maximum Gasteiger partial charge on any atom is 0.272 e. The van der Waals surface area contributed by atoms with Crippen molar-refractivity contribution in [2.24, 2.45) is 11.8 Å². The summed E-state index contributed by atoms with van der Waals surface area (Å²) in [5.41, 5.74) is 7.71. The molecule has 0 bridgehead atoms. The average Bonchev–Trinajstić information content (AvgIpc) is 3.03. The second kappa shape index (κ2) is 5.39. The van der Waals surface area contributed by atoms with Gasteiger partial charge in [-0.05, 0) is 42.9 Å². The van der Waals surface area contributed by atoms with Crippen LogP contribution >= 0.6 is 0 Å². The Morgan fingerprint density at radius 1 is 1.48 bits per heavy atom. The number of hydrogen-bond acceptors (Lipinski definition) is 3. The van der Waals surface area contributed by atoms with E-state index in [9.17, 15) is 4.79 Å². The van der Waals surface area contributed by atoms with Crippen molar-refractivity contribution in [3.05, 3.63) is 23.9 Å². The third-order valence-electron chi connectivity index (χ3n) is 4.87. The molecule has 21 heavy (non-hydrogen) atoms. The summed E-state index contributed by atoms with van der Waals surface area (Å²) >= 11 is 0. The van der Waals surface area contributed by atoms with Crippen molar-refractivity contribution in [1.82, 2.24) is 15.5 Å². The van der Waals surface area contributed by atoms with Crippen molar-refractivity contribution in [1.29, 1.82) is 0 Å². The van der Waals surface area contributed by atoms with Crippen molar-refractivity contribution >= 4 is 22.5 Å². The number of H-pyrrole nitrogens is 1. The fraction of sp³-hybridized carbons (Fsp3) is 0.500. The Morgan fingerprint density at radius 3 is 3.00 bits per heavy atom. The Bertz CT molecular complexity index is 663. The van der Waals surface area contributed by atoms with Crippen LogP contribution in [0.15, 0.2) is 18.2 Å². The molecule has 3 atom stereocenters. The fourth-order valence-corrected chi connectivity index (χ4v) is 3.47. The lowest BCUT2D eigenvalue weighted by atomic mass is 9.93. The molecule has 0 aliphatic heterocycles. The van der Waals surface area contributed by atoms with Gasteiger partial charge in [-0.3, -0.25) is 9.89 Å². The van der Waals surface area contributed by atoms with E-state index in [1.807, 2.05) is 6.07 Å². The van der Waals surface area contributed by atoms with E-state index in [0.717, 1.165) is 17.3 Å². The van der Waals surface area contributed by atoms with Crippen LogP contribution in [0.5, 0.6) is 0 Å². The third-order valence-corrected chi connectivity index (χ3v) is 4.87. The number of nitrogens with zero attached hydrogens (tertiary/aromatic N) is 1. The van der Waals surface area contributed by atoms with Gasteiger partial charge in [0, 0.05) is 17.1 Å². The molecule has 1 heterocycles. The maximum atomic E-state index is 12.5. The fourth-order valence-electron chi connectivity index (χ4n) is 3.47. The van der Waals surface area contributed by atoms with E-state index >= 15 is 0 Å². The summed E-state index contributed by atoms with van der Waals surface area (Å²) in [5.74, 6) is 1.12. The number of hydrogen-bond donors (Lipinski definition) is 3. The van der Waals surface area contributed by atoms with Crippen LogP contribution in [0.25, 0.3) is 10.9 Å². The summed E-state index contributed by atoms with van der Waals surface area (Å²) in [6.07, 6.45) is 3.42. The Hall–Kier alpha value is -2.04. The van der Waals surface area contributed by atoms with Gasteiger partial charge in [-0.1, -0.05) is 20.3 Å². The number of nitrogen functional groups attached to an aromatic ring is 1. The number of carbonyl (C=O) groups is 1. The molecule has 3 rings (SSSR count). The highest BCUT2D eigenvalue weighted by atomic mass is 16.2. The SMILES string of the molecule is CCC1CCC(NC(=O)c2n[nH]c3ccc(N)cc23)C1C. The summed E-state index contributed by atoms with van der Waals surface area (Å²) in [6.45, 7) is 4.45. The quantitative estimate of drug-likeness (QED) is 0.758. The zero-order valence-corrected chi connectivity index (χ0v) is 12.5. The molecule has 1 fully saturated rings. The van der Waals surface area contributed by atoms with Gasteiger partial charge in [0.25, 0.3) is 5.91 Å². The molecule has 1 saturated carbocycles. The monoisotopic (exact) mass is 286 g/mol. The number of rotatable bonds is 3. The van der Waals surface area contributed by atoms with Gasteiger partial charge in [-0.15, -0.1) is 0 Å². The minimum atomic E-state index is -0.111. The summed E-state index contributed by atoms with van der Waals surface area (Å²) in [5, 5.41) is 11.0. The van der Waals surface area contributed by atoms with Gasteiger partial charge < -0.3 is 11.1 Å². The molecular weight excluding hydrogens is 264 g/mol. The van der Waals surface area contributed by atoms with E-state index in [1.54, 1.807) is 12.1 Å². The van der Waals surface area contributed by atoms with E-state index in [-0.39, 0.29) is 11.9 Å². The first-order chi connectivity index (χ1) is 10.1. The second-order valence-corrected chi connectivity index (χ2v) is 6.06. The first-order valence-corrected chi connectivity index (χ1v) is 7.64. The summed E-state index contributed by atoms with van der Waals surface area (Å²) in [4.78, 5) is 12.5. The first-order valence-electron chi connectivity index (χ1n) is 7.64. The summed E-state index contributed by atoms with van der Waals surface area (Å²) in [7, 11) is 0. The molecule has 4 N–H and O–H groups in total. The van der Waals surface area contributed by atoms with E-state index in [1.165, 1.54) is 12.8 Å². The van der Waals surface area contributed by atoms with Crippen LogP contribution < -0.4 is 11.1 Å². The number of nitrogens with two attached hydrogens (primary N) is 1. The molecule has 5 nitrogen and oxygen atoms in total. The molecule has 5 heteroatoms. The second-order valence-electron chi connectivity index (χ2n) is 6.06. The predicted molar refractivity (Wildman–Crippen MR) is 83.9 cm³/mol. The molecule has 0 radical (unpaired) electrons. The standard InChI is InChI=1S/C16H22N4O/c1-3-10-4-6-13(9(10)2)18-16(21)15-12-8-11(17)5-7-14(12)19-20-15/h5,7-10,13H,3-4,6,17H2,1-2H3,(H,18,21)(H,19,20). The van der Waals surface area contributed by atoms with Crippen molar-refractivity contribution in [3.8, 4) is 0 Å². The Labute approximate surface area is 124 Å². The highest BCUT2D eigenvalue weighted by Crippen LogP contribution is 2.34. The highest BCUT2D eigenvalue weighted by molar-refractivity contribution is 6.05. The largest absolute Gasteiger partial charge is 0.399 e. The van der Waals surface area contributed by atoms with Crippen LogP contribution in [0.4, 0.5) is 5.69 Å². The van der Waals surface area contributed by atoms with Crippen molar-refractivity contribution in [2.45, 2.75) is 39.2 Å². The van der Waals surface area contributed by atoms with Gasteiger partial charge in [-0.25, -0.2) is 0 Å². The third kappa shape index (κ3) is 2.48. The molecule has 2 aromatic rings. The Morgan fingerprint density at radius 2 is 2.29 bits per heavy atom. The molecule has 1 amide bonds. The van der Waals surface area contributed by atoms with Crippen LogP contribution in [-0.2, 0) is 0 Å². The maximum absolute atomic E-state index is 12.5. The lowest BCUT2D eigenvalue weighted by Crippen LogP contribution is -2.37. The number of benzene rings is 1. The smallest absolute Gasteiger partial charge is 0.272 e. The average molecular weight is 286 g/mol. The molecule has 1 aliphatic rings. The predicted octanol–water partition coefficient (Wildman–Crippen LogP) is 2.70. The van der Waals surface area contributed by atoms with Crippen LogP contribution in [0.1, 0.15) is 43.6 Å². The van der Waals surface area contributed by atoms with Crippen molar-refractivity contribution in [3.63, 3.8) is 0 Å². The highest BCUT2D eigenvalue weighted by Gasteiger charge is 2.33. The van der Waals surface area contributed by atoms with Gasteiger partial charge in [-0.2, -0.15) is 5.10 Å². The van der Waals surface area contributed by atoms with Crippen LogP contribution in [0.3, 0.4) is 0 Å². The number of aromatic nitrogens is 2. The number of fused-ring (bicyclic) bond motifs is 1. The molecular formula is C16H22N4O. The van der Waals surface area contributed by atoms with Gasteiger partial charge in [0.1, 0.15) is 0 Å². The minimum absolute atomic E-state index is 0.111. The first kappa shape index (κ1) is 13.9. The molecule has 1 aliphatic carbocycles. The molecule has 0 saturated heterocycles. The van der Waals surface area contributed by atoms with Gasteiger partial charge in [0.15, 0.2) is 5.69 Å². The lowest BCUT2D eigenvalue weighted by Gasteiger charge is -2.20. The van der Waals surface area contributed by atoms with Gasteiger partial charge in [0.05, 0.1) is 5.52 Å².